The Labute approximate surface area is 129 Å². The van der Waals surface area contributed by atoms with Crippen LogP contribution in [0, 0.1) is 6.92 Å². The van der Waals surface area contributed by atoms with Crippen LogP contribution in [0.5, 0.6) is 0 Å². The number of H-pyrrole nitrogens is 1. The van der Waals surface area contributed by atoms with Crippen LogP contribution in [0.1, 0.15) is 11.3 Å². The fourth-order valence-electron chi connectivity index (χ4n) is 1.90. The molecule has 3 aromatic rings. The highest BCUT2D eigenvalue weighted by Gasteiger charge is 2.11. The maximum absolute atomic E-state index is 12.0. The molecule has 108 valence electrons. The van der Waals surface area contributed by atoms with Crippen molar-refractivity contribution in [1.29, 1.82) is 0 Å². The Kier molecular flexibility index (Phi) is 3.57. The van der Waals surface area contributed by atoms with Gasteiger partial charge in [0, 0.05) is 11.6 Å². The van der Waals surface area contributed by atoms with E-state index < -0.39 is 0 Å². The normalized spacial score (nSPS) is 11.0. The Morgan fingerprint density at radius 1 is 1.29 bits per heavy atom. The van der Waals surface area contributed by atoms with Crippen LogP contribution in [0.2, 0.25) is 10.0 Å². The van der Waals surface area contributed by atoms with Gasteiger partial charge in [-0.25, -0.2) is 4.98 Å². The van der Waals surface area contributed by atoms with E-state index in [0.29, 0.717) is 23.2 Å². The Morgan fingerprint density at radius 3 is 2.81 bits per heavy atom. The summed E-state index contributed by atoms with van der Waals surface area (Å²) < 4.78 is 1.20. The lowest BCUT2D eigenvalue weighted by Gasteiger charge is -2.04. The first-order valence-corrected chi connectivity index (χ1v) is 6.94. The molecule has 0 aliphatic rings. The van der Waals surface area contributed by atoms with Gasteiger partial charge in [-0.05, 0) is 18.6 Å². The molecule has 3 rings (SSSR count). The highest BCUT2D eigenvalue weighted by Crippen LogP contribution is 2.16. The van der Waals surface area contributed by atoms with Crippen molar-refractivity contribution in [2.24, 2.45) is 0 Å². The average Bonchev–Trinajstić information content (AvgIpc) is 2.87. The Balaban J connectivity index is 1.91. The van der Waals surface area contributed by atoms with Crippen molar-refractivity contribution < 1.29 is 0 Å². The van der Waals surface area contributed by atoms with Crippen LogP contribution >= 0.6 is 23.2 Å². The minimum atomic E-state index is -0.377. The van der Waals surface area contributed by atoms with E-state index in [-0.39, 0.29) is 16.4 Å². The predicted molar refractivity (Wildman–Crippen MR) is 82.1 cm³/mol. The fourth-order valence-corrected chi connectivity index (χ4v) is 2.23. The number of hydrogen-bond acceptors (Lipinski definition) is 4. The van der Waals surface area contributed by atoms with Gasteiger partial charge in [0.1, 0.15) is 5.02 Å². The topological polar surface area (TPSA) is 75.1 Å². The highest BCUT2D eigenvalue weighted by molar-refractivity contribution is 6.31. The van der Waals surface area contributed by atoms with Crippen molar-refractivity contribution >= 4 is 34.9 Å². The number of rotatable bonds is 3. The number of fused-ring (bicyclic) bond motifs is 1. The van der Waals surface area contributed by atoms with Gasteiger partial charge in [-0.1, -0.05) is 41.4 Å². The second-order valence-electron chi connectivity index (χ2n) is 4.47. The monoisotopic (exact) mass is 323 g/mol. The Hall–Kier alpha value is -2.05. The summed E-state index contributed by atoms with van der Waals surface area (Å²) in [6.07, 6.45) is 0. The highest BCUT2D eigenvalue weighted by atomic mass is 35.5. The van der Waals surface area contributed by atoms with Gasteiger partial charge in [0.2, 0.25) is 5.95 Å². The second-order valence-corrected chi connectivity index (χ2v) is 5.25. The third-order valence-electron chi connectivity index (χ3n) is 3.01. The molecule has 2 N–H and O–H groups in total. The van der Waals surface area contributed by atoms with E-state index in [2.05, 4.69) is 20.4 Å². The van der Waals surface area contributed by atoms with Gasteiger partial charge in [0.15, 0.2) is 0 Å². The zero-order valence-corrected chi connectivity index (χ0v) is 12.5. The molecule has 6 nitrogen and oxygen atoms in total. The summed E-state index contributed by atoms with van der Waals surface area (Å²) >= 11 is 12.0. The minimum Gasteiger partial charge on any atom is -0.350 e. The molecule has 0 atom stereocenters. The standard InChI is InChI=1S/C13H11Cl2N5O/c1-7-10(15)11(21)20-13(17-7)18-12(19-20)16-6-8-4-2-3-5-9(8)14/h2-5H,6H2,1H3,(H2,16,17,18,19). The van der Waals surface area contributed by atoms with Gasteiger partial charge < -0.3 is 5.32 Å². The molecule has 0 amide bonds. The van der Waals surface area contributed by atoms with Crippen molar-refractivity contribution in [3.63, 3.8) is 0 Å². The molecule has 0 fully saturated rings. The van der Waals surface area contributed by atoms with E-state index in [1.165, 1.54) is 4.52 Å². The molecule has 21 heavy (non-hydrogen) atoms. The molecule has 0 aliphatic heterocycles. The van der Waals surface area contributed by atoms with Crippen LogP contribution < -0.4 is 10.9 Å². The van der Waals surface area contributed by atoms with Crippen LogP contribution in [-0.2, 0) is 6.54 Å². The van der Waals surface area contributed by atoms with Crippen molar-refractivity contribution in [3.05, 3.63) is 55.9 Å². The fraction of sp³-hybridized carbons (Fsp3) is 0.154. The van der Waals surface area contributed by atoms with Gasteiger partial charge in [0.05, 0.1) is 5.69 Å². The molecule has 1 aromatic carbocycles. The zero-order valence-electron chi connectivity index (χ0n) is 11.0. The van der Waals surface area contributed by atoms with Gasteiger partial charge in [-0.3, -0.25) is 9.89 Å². The molecule has 2 aromatic heterocycles. The van der Waals surface area contributed by atoms with Gasteiger partial charge in [0.25, 0.3) is 11.3 Å². The van der Waals surface area contributed by atoms with Crippen LogP contribution in [0.4, 0.5) is 5.95 Å². The van der Waals surface area contributed by atoms with Gasteiger partial charge >= 0.3 is 0 Å². The minimum absolute atomic E-state index is 0.0776. The van der Waals surface area contributed by atoms with E-state index in [1.54, 1.807) is 6.92 Å². The predicted octanol–water partition coefficient (Wildman–Crippen LogP) is 2.64. The summed E-state index contributed by atoms with van der Waals surface area (Å²) in [6.45, 7) is 2.14. The quantitative estimate of drug-likeness (QED) is 0.777. The number of halogens is 2. The summed E-state index contributed by atoms with van der Waals surface area (Å²) in [4.78, 5) is 20.3. The van der Waals surface area contributed by atoms with Crippen LogP contribution in [-0.4, -0.2) is 19.6 Å². The van der Waals surface area contributed by atoms with Gasteiger partial charge in [-0.15, -0.1) is 0 Å². The van der Waals surface area contributed by atoms with Crippen LogP contribution in [0.25, 0.3) is 5.78 Å². The number of anilines is 1. The van der Waals surface area contributed by atoms with Crippen LogP contribution in [0.15, 0.2) is 29.1 Å². The van der Waals surface area contributed by atoms with Crippen LogP contribution in [0.3, 0.4) is 0 Å². The average molecular weight is 324 g/mol. The van der Waals surface area contributed by atoms with Crippen molar-refractivity contribution in [3.8, 4) is 0 Å². The zero-order chi connectivity index (χ0) is 15.0. The second kappa shape index (κ2) is 5.38. The number of aryl methyl sites for hydroxylation is 1. The van der Waals surface area contributed by atoms with E-state index >= 15 is 0 Å². The summed E-state index contributed by atoms with van der Waals surface area (Å²) in [5.74, 6) is 0.685. The summed E-state index contributed by atoms with van der Waals surface area (Å²) in [7, 11) is 0. The number of hydrogen-bond donors (Lipinski definition) is 2. The first kappa shape index (κ1) is 13.9. The number of nitrogens with one attached hydrogen (secondary N) is 2. The number of aromatic amines is 1. The first-order valence-electron chi connectivity index (χ1n) is 6.18. The third kappa shape index (κ3) is 2.59. The number of benzene rings is 1. The maximum atomic E-state index is 12.0. The summed E-state index contributed by atoms with van der Waals surface area (Å²) in [6, 6.07) is 7.48. The summed E-state index contributed by atoms with van der Waals surface area (Å²) in [5, 5.41) is 6.62. The van der Waals surface area contributed by atoms with E-state index in [1.807, 2.05) is 24.3 Å². The first-order chi connectivity index (χ1) is 10.1. The molecule has 0 unspecified atom stereocenters. The lowest BCUT2D eigenvalue weighted by atomic mass is 10.2. The van der Waals surface area contributed by atoms with E-state index in [9.17, 15) is 4.79 Å². The molecule has 8 heteroatoms. The smallest absolute Gasteiger partial charge is 0.293 e. The molecule has 0 bridgehead atoms. The van der Waals surface area contributed by atoms with Crippen molar-refractivity contribution in [1.82, 2.24) is 19.6 Å². The molecular weight excluding hydrogens is 313 g/mol. The molecule has 0 aliphatic carbocycles. The van der Waals surface area contributed by atoms with Gasteiger partial charge in [-0.2, -0.15) is 9.50 Å². The van der Waals surface area contributed by atoms with E-state index in [0.717, 1.165) is 5.56 Å². The molecule has 0 spiro atoms. The summed E-state index contributed by atoms with van der Waals surface area (Å²) in [5.41, 5.74) is 0.998. The molecule has 0 radical (unpaired) electrons. The van der Waals surface area contributed by atoms with E-state index in [4.69, 9.17) is 23.2 Å². The Bertz CT molecular complexity index is 871. The molecule has 2 heterocycles. The lowest BCUT2D eigenvalue weighted by molar-refractivity contribution is 0.887. The maximum Gasteiger partial charge on any atom is 0.293 e. The van der Waals surface area contributed by atoms with Crippen molar-refractivity contribution in [2.75, 3.05) is 5.32 Å². The van der Waals surface area contributed by atoms with Crippen molar-refractivity contribution in [2.45, 2.75) is 13.5 Å². The lowest BCUT2D eigenvalue weighted by Crippen LogP contribution is -2.17. The number of aromatic nitrogens is 4. The molecule has 0 saturated carbocycles. The Morgan fingerprint density at radius 2 is 2.05 bits per heavy atom. The number of nitrogens with zero attached hydrogens (tertiary/aromatic N) is 3. The third-order valence-corrected chi connectivity index (χ3v) is 3.81. The SMILES string of the molecule is Cc1nc2nc(NCc3ccccc3Cl)[nH]n2c(=O)c1Cl. The molecule has 0 saturated heterocycles. The largest absolute Gasteiger partial charge is 0.350 e. The molecular formula is C13H11Cl2N5O.